The molecule has 2 rings (SSSR count). The molecule has 2 fully saturated rings. The zero-order valence-corrected chi connectivity index (χ0v) is 8.76. The third-order valence-electron chi connectivity index (χ3n) is 2.78. The molecule has 0 aromatic heterocycles. The van der Waals surface area contributed by atoms with Gasteiger partial charge in [-0.15, -0.1) is 0 Å². The van der Waals surface area contributed by atoms with Crippen LogP contribution in [-0.4, -0.2) is 29.2 Å². The third-order valence-corrected chi connectivity index (χ3v) is 3.77. The Morgan fingerprint density at radius 2 is 2.36 bits per heavy atom. The Kier molecular flexibility index (Phi) is 2.39. The van der Waals surface area contributed by atoms with Gasteiger partial charge in [0.15, 0.2) is 0 Å². The maximum absolute atomic E-state index is 5.71. The zero-order valence-electron chi connectivity index (χ0n) is 6.61. The van der Waals surface area contributed by atoms with Gasteiger partial charge in [-0.05, 0) is 19.3 Å². The van der Waals surface area contributed by atoms with Gasteiger partial charge in [0.2, 0.25) is 0 Å². The van der Waals surface area contributed by atoms with Gasteiger partial charge in [0, 0.05) is 16.5 Å². The Morgan fingerprint density at radius 3 is 2.73 bits per heavy atom. The topological polar surface area (TPSA) is 21.3 Å². The van der Waals surface area contributed by atoms with Crippen LogP contribution in [0.25, 0.3) is 0 Å². The molecule has 1 N–H and O–H groups in total. The van der Waals surface area contributed by atoms with Crippen LogP contribution in [0.2, 0.25) is 0 Å². The van der Waals surface area contributed by atoms with Crippen molar-refractivity contribution in [2.24, 2.45) is 0 Å². The maximum Gasteiger partial charge on any atom is 0.0789 e. The highest BCUT2D eigenvalue weighted by Gasteiger charge is 2.40. The van der Waals surface area contributed by atoms with Crippen molar-refractivity contribution in [3.8, 4) is 0 Å². The average Bonchev–Trinajstić information content (AvgIpc) is 2.02. The lowest BCUT2D eigenvalue weighted by Gasteiger charge is -2.47. The SMILES string of the molecule is ICC1CNC2(CCC2)CO1. The van der Waals surface area contributed by atoms with Crippen LogP contribution >= 0.6 is 22.6 Å². The van der Waals surface area contributed by atoms with Crippen molar-refractivity contribution >= 4 is 22.6 Å². The molecule has 1 saturated heterocycles. The van der Waals surface area contributed by atoms with E-state index in [1.165, 1.54) is 19.3 Å². The summed E-state index contributed by atoms with van der Waals surface area (Å²) in [5.74, 6) is 0. The van der Waals surface area contributed by atoms with Crippen LogP contribution in [0.4, 0.5) is 0 Å². The minimum absolute atomic E-state index is 0.405. The van der Waals surface area contributed by atoms with E-state index in [1.54, 1.807) is 0 Å². The molecule has 0 aromatic rings. The summed E-state index contributed by atoms with van der Waals surface area (Å²) in [7, 11) is 0. The molecule has 1 heterocycles. The van der Waals surface area contributed by atoms with Crippen molar-refractivity contribution in [1.82, 2.24) is 5.32 Å². The molecule has 1 saturated carbocycles. The molecule has 2 aliphatic rings. The molecule has 1 aliphatic carbocycles. The van der Waals surface area contributed by atoms with Gasteiger partial charge in [-0.2, -0.15) is 0 Å². The minimum Gasteiger partial charge on any atom is -0.374 e. The number of hydrogen-bond donors (Lipinski definition) is 1. The first-order valence-corrected chi connectivity index (χ1v) is 5.80. The molecule has 2 nitrogen and oxygen atoms in total. The number of rotatable bonds is 1. The zero-order chi connectivity index (χ0) is 7.73. The van der Waals surface area contributed by atoms with Crippen molar-refractivity contribution in [2.45, 2.75) is 30.9 Å². The maximum atomic E-state index is 5.71. The fourth-order valence-corrected chi connectivity index (χ4v) is 2.31. The summed E-state index contributed by atoms with van der Waals surface area (Å²) in [6.07, 6.45) is 4.48. The molecule has 1 aliphatic heterocycles. The van der Waals surface area contributed by atoms with E-state index in [1.807, 2.05) is 0 Å². The summed E-state index contributed by atoms with van der Waals surface area (Å²) < 4.78 is 6.83. The standard InChI is InChI=1S/C8H14INO/c9-4-7-5-10-8(6-11-7)2-1-3-8/h7,10H,1-6H2. The molecule has 1 spiro atoms. The second-order valence-electron chi connectivity index (χ2n) is 3.60. The van der Waals surface area contributed by atoms with Crippen LogP contribution in [-0.2, 0) is 4.74 Å². The fourth-order valence-electron chi connectivity index (χ4n) is 1.74. The van der Waals surface area contributed by atoms with Crippen molar-refractivity contribution < 1.29 is 4.74 Å². The predicted molar refractivity (Wildman–Crippen MR) is 53.2 cm³/mol. The van der Waals surface area contributed by atoms with Gasteiger partial charge < -0.3 is 10.1 Å². The highest BCUT2D eigenvalue weighted by Crippen LogP contribution is 2.34. The molecule has 64 valence electrons. The number of halogens is 1. The van der Waals surface area contributed by atoms with Gasteiger partial charge >= 0.3 is 0 Å². The van der Waals surface area contributed by atoms with Gasteiger partial charge in [-0.25, -0.2) is 0 Å². The van der Waals surface area contributed by atoms with Crippen molar-refractivity contribution in [3.63, 3.8) is 0 Å². The monoisotopic (exact) mass is 267 g/mol. The van der Waals surface area contributed by atoms with Gasteiger partial charge in [-0.3, -0.25) is 0 Å². The lowest BCUT2D eigenvalue weighted by molar-refractivity contribution is -0.0494. The summed E-state index contributed by atoms with van der Waals surface area (Å²) in [5, 5.41) is 3.60. The molecule has 1 unspecified atom stereocenters. The second kappa shape index (κ2) is 3.18. The summed E-state index contributed by atoms with van der Waals surface area (Å²) in [6, 6.07) is 0. The lowest BCUT2D eigenvalue weighted by Crippen LogP contribution is -2.61. The fraction of sp³-hybridized carbons (Fsp3) is 1.00. The Balaban J connectivity index is 1.84. The van der Waals surface area contributed by atoms with Crippen LogP contribution in [0.5, 0.6) is 0 Å². The molecular formula is C8H14INO. The van der Waals surface area contributed by atoms with E-state index in [-0.39, 0.29) is 0 Å². The molecule has 0 amide bonds. The van der Waals surface area contributed by atoms with E-state index >= 15 is 0 Å². The molecule has 0 aromatic carbocycles. The highest BCUT2D eigenvalue weighted by atomic mass is 127. The predicted octanol–water partition coefficient (Wildman–Crippen LogP) is 1.33. The molecule has 3 heteroatoms. The van der Waals surface area contributed by atoms with Crippen LogP contribution in [0.3, 0.4) is 0 Å². The van der Waals surface area contributed by atoms with Crippen LogP contribution in [0, 0.1) is 0 Å². The van der Waals surface area contributed by atoms with Crippen LogP contribution < -0.4 is 5.32 Å². The van der Waals surface area contributed by atoms with E-state index in [2.05, 4.69) is 27.9 Å². The smallest absolute Gasteiger partial charge is 0.0789 e. The van der Waals surface area contributed by atoms with Crippen LogP contribution in [0.15, 0.2) is 0 Å². The average molecular weight is 267 g/mol. The summed E-state index contributed by atoms with van der Waals surface area (Å²) >= 11 is 2.38. The summed E-state index contributed by atoms with van der Waals surface area (Å²) in [6.45, 7) is 2.00. The Bertz CT molecular complexity index is 137. The number of nitrogens with one attached hydrogen (secondary N) is 1. The Morgan fingerprint density at radius 1 is 1.55 bits per heavy atom. The van der Waals surface area contributed by atoms with Gasteiger partial charge in [0.05, 0.1) is 12.7 Å². The minimum atomic E-state index is 0.405. The van der Waals surface area contributed by atoms with E-state index < -0.39 is 0 Å². The van der Waals surface area contributed by atoms with Crippen molar-refractivity contribution in [2.75, 3.05) is 17.6 Å². The number of ether oxygens (including phenoxy) is 1. The van der Waals surface area contributed by atoms with Gasteiger partial charge in [-0.1, -0.05) is 22.6 Å². The highest BCUT2D eigenvalue weighted by molar-refractivity contribution is 14.1. The Hall–Kier alpha value is 0.650. The molecule has 1 atom stereocenters. The first-order chi connectivity index (χ1) is 5.35. The third kappa shape index (κ3) is 1.55. The molecule has 11 heavy (non-hydrogen) atoms. The number of morpholine rings is 1. The molecule has 0 bridgehead atoms. The second-order valence-corrected chi connectivity index (χ2v) is 4.48. The quantitative estimate of drug-likeness (QED) is 0.571. The first-order valence-electron chi connectivity index (χ1n) is 4.27. The summed E-state index contributed by atoms with van der Waals surface area (Å²) in [5.41, 5.74) is 0.405. The van der Waals surface area contributed by atoms with E-state index in [0.29, 0.717) is 11.6 Å². The van der Waals surface area contributed by atoms with Gasteiger partial charge in [0.25, 0.3) is 0 Å². The lowest BCUT2D eigenvalue weighted by atomic mass is 9.76. The van der Waals surface area contributed by atoms with Gasteiger partial charge in [0.1, 0.15) is 0 Å². The largest absolute Gasteiger partial charge is 0.374 e. The van der Waals surface area contributed by atoms with Crippen molar-refractivity contribution in [1.29, 1.82) is 0 Å². The number of hydrogen-bond acceptors (Lipinski definition) is 2. The molecular weight excluding hydrogens is 253 g/mol. The van der Waals surface area contributed by atoms with E-state index in [0.717, 1.165) is 17.6 Å². The van der Waals surface area contributed by atoms with Crippen LogP contribution in [0.1, 0.15) is 19.3 Å². The van der Waals surface area contributed by atoms with E-state index in [9.17, 15) is 0 Å². The molecule has 0 radical (unpaired) electrons. The normalized spacial score (nSPS) is 35.2. The first kappa shape index (κ1) is 8.26. The Labute approximate surface area is 81.2 Å². The number of alkyl halides is 1. The van der Waals surface area contributed by atoms with E-state index in [4.69, 9.17) is 4.74 Å². The van der Waals surface area contributed by atoms with Crippen molar-refractivity contribution in [3.05, 3.63) is 0 Å². The summed E-state index contributed by atoms with van der Waals surface area (Å²) in [4.78, 5) is 0.